The SMILES string of the molecule is C=CC(=O)OC(C[N+](C)(C)C)C[N+](C)(C)C.[Cl-].[Cl-]. The Hall–Kier alpha value is -0.290. The second kappa shape index (κ2) is 8.75. The minimum Gasteiger partial charge on any atom is -1.00 e. The lowest BCUT2D eigenvalue weighted by Crippen LogP contribution is -3.00. The maximum absolute atomic E-state index is 11.2. The van der Waals surface area contributed by atoms with Crippen LogP contribution in [0.15, 0.2) is 12.7 Å². The highest BCUT2D eigenvalue weighted by Crippen LogP contribution is 2.05. The number of hydrogen-bond donors (Lipinski definition) is 0. The summed E-state index contributed by atoms with van der Waals surface area (Å²) >= 11 is 0. The van der Waals surface area contributed by atoms with Crippen molar-refractivity contribution in [2.24, 2.45) is 0 Å². The lowest BCUT2D eigenvalue weighted by Gasteiger charge is -2.33. The number of carbonyl (C=O) groups is 1. The van der Waals surface area contributed by atoms with E-state index in [-0.39, 0.29) is 36.9 Å². The van der Waals surface area contributed by atoms with Crippen molar-refractivity contribution in [3.05, 3.63) is 12.7 Å². The fraction of sp³-hybridized carbons (Fsp3) is 0.750. The quantitative estimate of drug-likeness (QED) is 0.278. The van der Waals surface area contributed by atoms with Crippen LogP contribution in [0.4, 0.5) is 0 Å². The van der Waals surface area contributed by atoms with E-state index in [1.807, 2.05) is 0 Å². The molecule has 0 rings (SSSR count). The molecule has 18 heavy (non-hydrogen) atoms. The molecule has 0 spiro atoms. The van der Waals surface area contributed by atoms with Gasteiger partial charge in [-0.25, -0.2) is 4.79 Å². The van der Waals surface area contributed by atoms with Crippen molar-refractivity contribution in [2.45, 2.75) is 6.10 Å². The van der Waals surface area contributed by atoms with Crippen LogP contribution < -0.4 is 24.8 Å². The Kier molecular flexibility index (Phi) is 11.1. The Balaban J connectivity index is -0.00000112. The van der Waals surface area contributed by atoms with Crippen LogP contribution in [0.25, 0.3) is 0 Å². The standard InChI is InChI=1S/C12H26N2O2.2ClH/c1-8-12(15)16-11(9-13(2,3)4)10-14(5,6)7;;/h8,11H,1,9-10H2,2-7H3;2*1H/q+2;;/p-2. The number of ether oxygens (including phenoxy) is 1. The molecule has 110 valence electrons. The number of rotatable bonds is 6. The summed E-state index contributed by atoms with van der Waals surface area (Å²) in [6.07, 6.45) is 1.14. The van der Waals surface area contributed by atoms with Gasteiger partial charge in [0.15, 0.2) is 6.10 Å². The second-order valence-electron chi connectivity index (χ2n) is 6.21. The first-order valence-corrected chi connectivity index (χ1v) is 5.47. The maximum Gasteiger partial charge on any atom is 0.330 e. The van der Waals surface area contributed by atoms with E-state index in [1.165, 1.54) is 6.08 Å². The van der Waals surface area contributed by atoms with Crippen LogP contribution in [0, 0.1) is 0 Å². The molecule has 0 fully saturated rings. The average Bonchev–Trinajstić information content (AvgIpc) is 1.97. The van der Waals surface area contributed by atoms with E-state index in [9.17, 15) is 4.79 Å². The average molecular weight is 301 g/mol. The summed E-state index contributed by atoms with van der Waals surface area (Å²) in [4.78, 5) is 11.2. The van der Waals surface area contributed by atoms with Gasteiger partial charge in [-0.05, 0) is 0 Å². The van der Waals surface area contributed by atoms with E-state index >= 15 is 0 Å². The molecule has 0 aromatic carbocycles. The summed E-state index contributed by atoms with van der Waals surface area (Å²) in [5.74, 6) is -0.341. The van der Waals surface area contributed by atoms with Crippen LogP contribution in [0.2, 0.25) is 0 Å². The zero-order chi connectivity index (χ0) is 13.0. The minimum absolute atomic E-state index is 0. The van der Waals surface area contributed by atoms with Gasteiger partial charge in [0.2, 0.25) is 0 Å². The van der Waals surface area contributed by atoms with Crippen molar-refractivity contribution in [3.63, 3.8) is 0 Å². The molecule has 0 saturated heterocycles. The fourth-order valence-corrected chi connectivity index (χ4v) is 1.57. The molecule has 0 aliphatic rings. The number of halogens is 2. The van der Waals surface area contributed by atoms with Crippen LogP contribution >= 0.6 is 0 Å². The molecule has 4 nitrogen and oxygen atoms in total. The van der Waals surface area contributed by atoms with Crippen LogP contribution in [0.1, 0.15) is 0 Å². The van der Waals surface area contributed by atoms with Gasteiger partial charge in [0.25, 0.3) is 0 Å². The number of quaternary nitrogens is 2. The third-order valence-electron chi connectivity index (χ3n) is 1.95. The Labute approximate surface area is 124 Å². The molecule has 6 heteroatoms. The highest BCUT2D eigenvalue weighted by Gasteiger charge is 2.26. The van der Waals surface area contributed by atoms with E-state index in [0.29, 0.717) is 0 Å². The minimum atomic E-state index is -0.341. The summed E-state index contributed by atoms with van der Waals surface area (Å²) in [5, 5.41) is 0. The number of hydrogen-bond acceptors (Lipinski definition) is 2. The molecule has 0 radical (unpaired) electrons. The predicted molar refractivity (Wildman–Crippen MR) is 65.9 cm³/mol. The molecule has 0 bridgehead atoms. The van der Waals surface area contributed by atoms with Crippen molar-refractivity contribution in [1.29, 1.82) is 0 Å². The van der Waals surface area contributed by atoms with Crippen molar-refractivity contribution in [3.8, 4) is 0 Å². The predicted octanol–water partition coefficient (Wildman–Crippen LogP) is -5.50. The summed E-state index contributed by atoms with van der Waals surface area (Å²) < 4.78 is 6.91. The molecule has 0 amide bonds. The van der Waals surface area contributed by atoms with Gasteiger partial charge in [-0.3, -0.25) is 0 Å². The van der Waals surface area contributed by atoms with Crippen molar-refractivity contribution in [1.82, 2.24) is 0 Å². The third-order valence-corrected chi connectivity index (χ3v) is 1.95. The molecule has 0 unspecified atom stereocenters. The summed E-state index contributed by atoms with van der Waals surface area (Å²) in [6.45, 7) is 5.02. The van der Waals surface area contributed by atoms with E-state index in [1.54, 1.807) is 0 Å². The van der Waals surface area contributed by atoms with Crippen LogP contribution in [0.3, 0.4) is 0 Å². The zero-order valence-electron chi connectivity index (χ0n) is 12.2. The number of nitrogens with zero attached hydrogens (tertiary/aromatic N) is 2. The Morgan fingerprint density at radius 2 is 1.39 bits per heavy atom. The molecule has 0 aromatic heterocycles. The lowest BCUT2D eigenvalue weighted by atomic mass is 10.2. The highest BCUT2D eigenvalue weighted by atomic mass is 35.5. The van der Waals surface area contributed by atoms with E-state index in [0.717, 1.165) is 22.1 Å². The molecule has 0 aromatic rings. The normalized spacial score (nSPS) is 11.3. The molecular formula is C12H26Cl2N2O2. The van der Waals surface area contributed by atoms with Gasteiger partial charge in [-0.1, -0.05) is 6.58 Å². The monoisotopic (exact) mass is 300 g/mol. The van der Waals surface area contributed by atoms with Crippen LogP contribution in [0.5, 0.6) is 0 Å². The second-order valence-corrected chi connectivity index (χ2v) is 6.21. The fourth-order valence-electron chi connectivity index (χ4n) is 1.57. The molecule has 0 atom stereocenters. The molecule has 0 saturated carbocycles. The topological polar surface area (TPSA) is 26.3 Å². The molecule has 0 N–H and O–H groups in total. The summed E-state index contributed by atoms with van der Waals surface area (Å²) in [6, 6.07) is 0. The van der Waals surface area contributed by atoms with Crippen molar-refractivity contribution in [2.75, 3.05) is 55.4 Å². The highest BCUT2D eigenvalue weighted by molar-refractivity contribution is 5.81. The first-order chi connectivity index (χ1) is 7.03. The number of carbonyl (C=O) groups excluding carboxylic acids is 1. The molecule has 0 aliphatic heterocycles. The van der Waals surface area contributed by atoms with Gasteiger partial charge in [0, 0.05) is 6.08 Å². The third kappa shape index (κ3) is 13.8. The van der Waals surface area contributed by atoms with Gasteiger partial charge in [0.05, 0.1) is 42.3 Å². The van der Waals surface area contributed by atoms with E-state index in [2.05, 4.69) is 48.9 Å². The van der Waals surface area contributed by atoms with Crippen molar-refractivity contribution < 1.29 is 43.3 Å². The first-order valence-electron chi connectivity index (χ1n) is 5.47. The Morgan fingerprint density at radius 1 is 1.06 bits per heavy atom. The van der Waals surface area contributed by atoms with Crippen molar-refractivity contribution >= 4 is 5.97 Å². The maximum atomic E-state index is 11.2. The van der Waals surface area contributed by atoms with Crippen LogP contribution in [-0.4, -0.2) is 76.4 Å². The van der Waals surface area contributed by atoms with Gasteiger partial charge in [-0.2, -0.15) is 0 Å². The zero-order valence-corrected chi connectivity index (χ0v) is 13.8. The Morgan fingerprint density at radius 3 is 1.61 bits per heavy atom. The van der Waals surface area contributed by atoms with Gasteiger partial charge >= 0.3 is 5.97 Å². The molecule has 0 heterocycles. The van der Waals surface area contributed by atoms with Gasteiger partial charge in [0.1, 0.15) is 13.1 Å². The van der Waals surface area contributed by atoms with E-state index < -0.39 is 0 Å². The Bertz CT molecular complexity index is 242. The molecule has 0 aliphatic carbocycles. The smallest absolute Gasteiger partial charge is 0.330 e. The van der Waals surface area contributed by atoms with Gasteiger partial charge in [-0.15, -0.1) is 0 Å². The van der Waals surface area contributed by atoms with E-state index in [4.69, 9.17) is 4.74 Å². The number of esters is 1. The summed E-state index contributed by atoms with van der Waals surface area (Å²) in [5.41, 5.74) is 0. The summed E-state index contributed by atoms with van der Waals surface area (Å²) in [7, 11) is 12.5. The molecular weight excluding hydrogens is 275 g/mol. The first kappa shape index (κ1) is 22.9. The largest absolute Gasteiger partial charge is 1.00 e. The van der Waals surface area contributed by atoms with Crippen LogP contribution in [-0.2, 0) is 9.53 Å². The lowest BCUT2D eigenvalue weighted by molar-refractivity contribution is -0.895. The van der Waals surface area contributed by atoms with Gasteiger partial charge < -0.3 is 38.5 Å². The number of likely N-dealkylation sites (N-methyl/N-ethyl adjacent to an activating group) is 2.